The summed E-state index contributed by atoms with van der Waals surface area (Å²) < 4.78 is 26.7. The van der Waals surface area contributed by atoms with Gasteiger partial charge in [0.05, 0.1) is 0 Å². The summed E-state index contributed by atoms with van der Waals surface area (Å²) in [4.78, 5) is 0. The Morgan fingerprint density at radius 1 is 1.00 bits per heavy atom. The van der Waals surface area contributed by atoms with Crippen molar-refractivity contribution in [1.29, 1.82) is 0 Å². The van der Waals surface area contributed by atoms with Crippen molar-refractivity contribution in [2.45, 2.75) is 0 Å². The van der Waals surface area contributed by atoms with Gasteiger partial charge in [-0.15, -0.1) is 12.4 Å². The predicted octanol–water partition coefficient (Wildman–Crippen LogP) is 4.04. The minimum atomic E-state index is -0.302. The van der Waals surface area contributed by atoms with E-state index in [0.717, 1.165) is 16.7 Å². The third kappa shape index (κ3) is 4.15. The molecule has 0 atom stereocenters. The van der Waals surface area contributed by atoms with Crippen LogP contribution in [-0.4, -0.2) is 13.6 Å². The Morgan fingerprint density at radius 2 is 1.50 bits per heavy atom. The molecule has 1 N–H and O–H groups in total. The van der Waals surface area contributed by atoms with Crippen LogP contribution in [0.3, 0.4) is 0 Å². The first kappa shape index (κ1) is 16.3. The van der Waals surface area contributed by atoms with Crippen molar-refractivity contribution in [1.82, 2.24) is 5.32 Å². The zero-order valence-electron chi connectivity index (χ0n) is 11.1. The van der Waals surface area contributed by atoms with E-state index >= 15 is 0 Å². The summed E-state index contributed by atoms with van der Waals surface area (Å²) in [6.07, 6.45) is 1.92. The maximum atomic E-state index is 13.3. The largest absolute Gasteiger partial charge is 0.316 e. The van der Waals surface area contributed by atoms with Gasteiger partial charge in [0.15, 0.2) is 0 Å². The van der Waals surface area contributed by atoms with Gasteiger partial charge in [-0.25, -0.2) is 8.78 Å². The first-order chi connectivity index (χ1) is 9.20. The highest BCUT2D eigenvalue weighted by molar-refractivity contribution is 5.85. The van der Waals surface area contributed by atoms with Crippen LogP contribution in [0.1, 0.15) is 11.1 Å². The van der Waals surface area contributed by atoms with E-state index < -0.39 is 0 Å². The van der Waals surface area contributed by atoms with Crippen LogP contribution in [-0.2, 0) is 0 Å². The van der Waals surface area contributed by atoms with Crippen LogP contribution in [0.5, 0.6) is 0 Å². The number of nitrogens with one attached hydrogen (secondary N) is 1. The van der Waals surface area contributed by atoms with Crippen molar-refractivity contribution in [3.05, 3.63) is 77.4 Å². The van der Waals surface area contributed by atoms with Crippen molar-refractivity contribution in [2.75, 3.05) is 13.6 Å². The highest BCUT2D eigenvalue weighted by atomic mass is 35.5. The first-order valence-electron chi connectivity index (χ1n) is 6.07. The summed E-state index contributed by atoms with van der Waals surface area (Å²) >= 11 is 0. The molecule has 0 fully saturated rings. The second-order valence-corrected chi connectivity index (χ2v) is 4.20. The Morgan fingerprint density at radius 3 is 1.90 bits per heavy atom. The summed E-state index contributed by atoms with van der Waals surface area (Å²) in [6, 6.07) is 12.6. The second-order valence-electron chi connectivity index (χ2n) is 4.20. The Bertz CT molecular complexity index is 549. The van der Waals surface area contributed by atoms with Crippen molar-refractivity contribution < 1.29 is 8.78 Å². The van der Waals surface area contributed by atoms with Crippen molar-refractivity contribution in [3.63, 3.8) is 0 Å². The molecule has 0 radical (unpaired) electrons. The molecular formula is C16H16ClF2N. The Balaban J connectivity index is 0.00000200. The molecule has 0 aromatic heterocycles. The van der Waals surface area contributed by atoms with E-state index in [-0.39, 0.29) is 24.0 Å². The van der Waals surface area contributed by atoms with Crippen LogP contribution < -0.4 is 5.32 Å². The first-order valence-corrected chi connectivity index (χ1v) is 6.07. The SMILES string of the molecule is CNCC=C(c1cccc(F)c1)c1cccc(F)c1.Cl. The lowest BCUT2D eigenvalue weighted by atomic mass is 9.97. The number of halogens is 3. The fraction of sp³-hybridized carbons (Fsp3) is 0.125. The third-order valence-corrected chi connectivity index (χ3v) is 2.78. The van der Waals surface area contributed by atoms with E-state index in [2.05, 4.69) is 5.32 Å². The van der Waals surface area contributed by atoms with Crippen molar-refractivity contribution in [3.8, 4) is 0 Å². The van der Waals surface area contributed by atoms with Gasteiger partial charge in [-0.05, 0) is 48.0 Å². The molecule has 0 amide bonds. The zero-order chi connectivity index (χ0) is 13.7. The minimum absolute atomic E-state index is 0. The van der Waals surface area contributed by atoms with Crippen LogP contribution >= 0.6 is 12.4 Å². The summed E-state index contributed by atoms with van der Waals surface area (Å²) in [7, 11) is 1.82. The predicted molar refractivity (Wildman–Crippen MR) is 81.1 cm³/mol. The molecule has 2 aromatic carbocycles. The van der Waals surface area contributed by atoms with E-state index in [1.165, 1.54) is 24.3 Å². The molecule has 0 aliphatic heterocycles. The number of hydrogen-bond acceptors (Lipinski definition) is 1. The standard InChI is InChI=1S/C16H15F2N.ClH/c1-19-9-8-16(12-4-2-6-14(17)10-12)13-5-3-7-15(18)11-13;/h2-8,10-11,19H,9H2,1H3;1H. The highest BCUT2D eigenvalue weighted by Gasteiger charge is 2.06. The molecule has 0 aliphatic rings. The Kier molecular flexibility index (Phi) is 6.36. The van der Waals surface area contributed by atoms with Gasteiger partial charge in [0.25, 0.3) is 0 Å². The molecule has 2 rings (SSSR count). The Labute approximate surface area is 123 Å². The van der Waals surface area contributed by atoms with E-state index in [1.54, 1.807) is 12.1 Å². The molecule has 0 saturated carbocycles. The lowest BCUT2D eigenvalue weighted by molar-refractivity contribution is 0.627. The van der Waals surface area contributed by atoms with E-state index in [4.69, 9.17) is 0 Å². The van der Waals surface area contributed by atoms with Crippen molar-refractivity contribution in [2.24, 2.45) is 0 Å². The van der Waals surface area contributed by atoms with Crippen LogP contribution in [0.25, 0.3) is 5.57 Å². The number of rotatable bonds is 4. The summed E-state index contributed by atoms with van der Waals surface area (Å²) in [5, 5.41) is 3.00. The van der Waals surface area contributed by atoms with Gasteiger partial charge in [0.1, 0.15) is 11.6 Å². The van der Waals surface area contributed by atoms with Crippen LogP contribution in [0, 0.1) is 11.6 Å². The molecule has 0 bridgehead atoms. The lowest BCUT2D eigenvalue weighted by Gasteiger charge is -2.09. The van der Waals surface area contributed by atoms with Crippen LogP contribution in [0.2, 0.25) is 0 Å². The molecule has 0 aliphatic carbocycles. The van der Waals surface area contributed by atoms with Crippen LogP contribution in [0.15, 0.2) is 54.6 Å². The molecule has 1 nitrogen and oxygen atoms in total. The molecule has 0 heterocycles. The quantitative estimate of drug-likeness (QED) is 0.898. The number of benzene rings is 2. The van der Waals surface area contributed by atoms with Gasteiger partial charge in [0, 0.05) is 6.54 Å². The molecule has 0 spiro atoms. The monoisotopic (exact) mass is 295 g/mol. The average molecular weight is 296 g/mol. The molecule has 20 heavy (non-hydrogen) atoms. The van der Waals surface area contributed by atoms with Gasteiger partial charge in [-0.1, -0.05) is 30.3 Å². The summed E-state index contributed by atoms with van der Waals surface area (Å²) in [5.41, 5.74) is 2.29. The van der Waals surface area contributed by atoms with Crippen LogP contribution in [0.4, 0.5) is 8.78 Å². The highest BCUT2D eigenvalue weighted by Crippen LogP contribution is 2.24. The van der Waals surface area contributed by atoms with Gasteiger partial charge >= 0.3 is 0 Å². The maximum Gasteiger partial charge on any atom is 0.123 e. The molecular weight excluding hydrogens is 280 g/mol. The fourth-order valence-corrected chi connectivity index (χ4v) is 1.92. The van der Waals surface area contributed by atoms with Gasteiger partial charge < -0.3 is 5.32 Å². The smallest absolute Gasteiger partial charge is 0.123 e. The fourth-order valence-electron chi connectivity index (χ4n) is 1.92. The normalized spacial score (nSPS) is 9.75. The molecule has 2 aromatic rings. The van der Waals surface area contributed by atoms with E-state index in [9.17, 15) is 8.78 Å². The van der Waals surface area contributed by atoms with E-state index in [0.29, 0.717) is 6.54 Å². The molecule has 4 heteroatoms. The van der Waals surface area contributed by atoms with E-state index in [1.807, 2.05) is 25.3 Å². The summed E-state index contributed by atoms with van der Waals surface area (Å²) in [6.45, 7) is 0.627. The topological polar surface area (TPSA) is 12.0 Å². The lowest BCUT2D eigenvalue weighted by Crippen LogP contribution is -2.05. The van der Waals surface area contributed by atoms with Gasteiger partial charge in [0.2, 0.25) is 0 Å². The molecule has 106 valence electrons. The number of likely N-dealkylation sites (N-methyl/N-ethyl adjacent to an activating group) is 1. The third-order valence-electron chi connectivity index (χ3n) is 2.78. The second kappa shape index (κ2) is 7.78. The van der Waals surface area contributed by atoms with Gasteiger partial charge in [-0.3, -0.25) is 0 Å². The Hall–Kier alpha value is -1.71. The van der Waals surface area contributed by atoms with Gasteiger partial charge in [-0.2, -0.15) is 0 Å². The van der Waals surface area contributed by atoms with Crippen molar-refractivity contribution >= 4 is 18.0 Å². The zero-order valence-corrected chi connectivity index (χ0v) is 11.9. The molecule has 0 unspecified atom stereocenters. The summed E-state index contributed by atoms with van der Waals surface area (Å²) in [5.74, 6) is -0.603. The maximum absolute atomic E-state index is 13.3. The minimum Gasteiger partial charge on any atom is -0.316 e. The number of hydrogen-bond donors (Lipinski definition) is 1. The molecule has 0 saturated heterocycles. The average Bonchev–Trinajstić information content (AvgIpc) is 2.39.